The Bertz CT molecular complexity index is 558. The normalized spacial score (nSPS) is 15.6. The number of carboxylic acids is 1. The topological polar surface area (TPSA) is 57.6 Å². The Hall–Kier alpha value is -1.98. The van der Waals surface area contributed by atoms with Crippen molar-refractivity contribution < 1.29 is 23.5 Å². The molecule has 1 aromatic carbocycles. The van der Waals surface area contributed by atoms with Crippen LogP contribution in [-0.4, -0.2) is 34.0 Å². The number of carbonyl (C=O) groups is 2. The van der Waals surface area contributed by atoms with Crippen LogP contribution in [-0.2, 0) is 16.0 Å². The second-order valence-electron chi connectivity index (χ2n) is 5.26. The maximum Gasteiger partial charge on any atom is 0.326 e. The molecule has 1 fully saturated rings. The monoisotopic (exact) mass is 297 g/mol. The van der Waals surface area contributed by atoms with Gasteiger partial charge in [0.1, 0.15) is 6.04 Å². The van der Waals surface area contributed by atoms with E-state index in [0.29, 0.717) is 0 Å². The Balaban J connectivity index is 2.02. The molecule has 1 N–H and O–H groups in total. The number of carbonyl (C=O) groups excluding carboxylic acids is 1. The van der Waals surface area contributed by atoms with E-state index in [1.165, 1.54) is 24.0 Å². The molecule has 0 spiro atoms. The molecule has 4 nitrogen and oxygen atoms in total. The Labute approximate surface area is 121 Å². The fourth-order valence-corrected chi connectivity index (χ4v) is 2.32. The van der Waals surface area contributed by atoms with Crippen molar-refractivity contribution in [3.8, 4) is 0 Å². The van der Waals surface area contributed by atoms with E-state index in [0.717, 1.165) is 18.9 Å². The van der Waals surface area contributed by atoms with Crippen molar-refractivity contribution in [3.63, 3.8) is 0 Å². The highest BCUT2D eigenvalue weighted by Crippen LogP contribution is 2.29. The van der Waals surface area contributed by atoms with Gasteiger partial charge in [0.05, 0.1) is 0 Å². The molecule has 1 aromatic rings. The summed E-state index contributed by atoms with van der Waals surface area (Å²) in [5.41, 5.74) is 0.127. The standard InChI is InChI=1S/C15H17F2NO3/c1-9(15(20)21)18(11-6-7-11)13(19)8-5-10-3-2-4-12(16)14(10)17/h2-4,9,11H,5-8H2,1H3,(H,20,21). The smallest absolute Gasteiger partial charge is 0.326 e. The van der Waals surface area contributed by atoms with Gasteiger partial charge in [-0.2, -0.15) is 0 Å². The summed E-state index contributed by atoms with van der Waals surface area (Å²) in [4.78, 5) is 24.6. The van der Waals surface area contributed by atoms with Gasteiger partial charge in [0.15, 0.2) is 11.6 Å². The van der Waals surface area contributed by atoms with Crippen molar-refractivity contribution in [2.75, 3.05) is 0 Å². The number of hydrogen-bond acceptors (Lipinski definition) is 2. The lowest BCUT2D eigenvalue weighted by atomic mass is 10.1. The van der Waals surface area contributed by atoms with Gasteiger partial charge in [-0.25, -0.2) is 13.6 Å². The lowest BCUT2D eigenvalue weighted by molar-refractivity contribution is -0.150. The van der Waals surface area contributed by atoms with E-state index in [9.17, 15) is 18.4 Å². The summed E-state index contributed by atoms with van der Waals surface area (Å²) >= 11 is 0. The number of hydrogen-bond donors (Lipinski definition) is 1. The van der Waals surface area contributed by atoms with Crippen molar-refractivity contribution >= 4 is 11.9 Å². The number of aliphatic carboxylic acids is 1. The first-order chi connectivity index (χ1) is 9.91. The van der Waals surface area contributed by atoms with E-state index in [-0.39, 0.29) is 30.4 Å². The molecule has 0 aliphatic heterocycles. The van der Waals surface area contributed by atoms with Crippen LogP contribution in [0.25, 0.3) is 0 Å². The third-order valence-corrected chi connectivity index (χ3v) is 3.64. The molecule has 1 aliphatic carbocycles. The molecular weight excluding hydrogens is 280 g/mol. The van der Waals surface area contributed by atoms with Crippen molar-refractivity contribution in [2.45, 2.75) is 44.7 Å². The van der Waals surface area contributed by atoms with Crippen LogP contribution >= 0.6 is 0 Å². The molecule has 0 saturated heterocycles. The number of aryl methyl sites for hydroxylation is 1. The van der Waals surface area contributed by atoms with Gasteiger partial charge in [0.25, 0.3) is 0 Å². The molecule has 2 rings (SSSR count). The number of halogens is 2. The number of nitrogens with zero attached hydrogens (tertiary/aromatic N) is 1. The van der Waals surface area contributed by atoms with Crippen molar-refractivity contribution in [2.24, 2.45) is 0 Å². The lowest BCUT2D eigenvalue weighted by Gasteiger charge is -2.26. The predicted molar refractivity (Wildman–Crippen MR) is 71.6 cm³/mol. The number of amides is 1. The van der Waals surface area contributed by atoms with Crippen molar-refractivity contribution in [1.82, 2.24) is 4.90 Å². The first-order valence-corrected chi connectivity index (χ1v) is 6.88. The van der Waals surface area contributed by atoms with E-state index >= 15 is 0 Å². The second-order valence-corrected chi connectivity index (χ2v) is 5.26. The van der Waals surface area contributed by atoms with E-state index in [2.05, 4.69) is 0 Å². The third kappa shape index (κ3) is 3.56. The van der Waals surface area contributed by atoms with Crippen LogP contribution in [0.1, 0.15) is 31.7 Å². The molecular formula is C15H17F2NO3. The molecule has 0 aromatic heterocycles. The molecule has 0 radical (unpaired) electrons. The summed E-state index contributed by atoms with van der Waals surface area (Å²) in [5.74, 6) is -3.30. The Kier molecular flexibility index (Phi) is 4.55. The molecule has 1 saturated carbocycles. The Morgan fingerprint density at radius 3 is 2.62 bits per heavy atom. The quantitative estimate of drug-likeness (QED) is 0.877. The number of rotatable bonds is 6. The van der Waals surface area contributed by atoms with Gasteiger partial charge < -0.3 is 10.0 Å². The van der Waals surface area contributed by atoms with E-state index < -0.39 is 23.6 Å². The maximum atomic E-state index is 13.5. The van der Waals surface area contributed by atoms with Crippen LogP contribution in [0.4, 0.5) is 8.78 Å². The van der Waals surface area contributed by atoms with Gasteiger partial charge >= 0.3 is 5.97 Å². The van der Waals surface area contributed by atoms with E-state index in [4.69, 9.17) is 5.11 Å². The lowest BCUT2D eigenvalue weighted by Crippen LogP contribution is -2.44. The molecule has 1 amide bonds. The van der Waals surface area contributed by atoms with Crippen LogP contribution in [0.2, 0.25) is 0 Å². The molecule has 0 bridgehead atoms. The average Bonchev–Trinajstić information content (AvgIpc) is 3.25. The Morgan fingerprint density at radius 1 is 1.38 bits per heavy atom. The minimum absolute atomic E-state index is 0.0332. The molecule has 114 valence electrons. The highest BCUT2D eigenvalue weighted by molar-refractivity contribution is 5.84. The zero-order valence-corrected chi connectivity index (χ0v) is 11.7. The summed E-state index contributed by atoms with van der Waals surface area (Å²) in [6.07, 6.45) is 1.60. The fraction of sp³-hybridized carbons (Fsp3) is 0.467. The molecule has 0 heterocycles. The molecule has 21 heavy (non-hydrogen) atoms. The highest BCUT2D eigenvalue weighted by atomic mass is 19.2. The highest BCUT2D eigenvalue weighted by Gasteiger charge is 2.37. The largest absolute Gasteiger partial charge is 0.480 e. The molecule has 1 atom stereocenters. The van der Waals surface area contributed by atoms with Crippen LogP contribution < -0.4 is 0 Å². The molecule has 1 unspecified atom stereocenters. The first-order valence-electron chi connectivity index (χ1n) is 6.88. The number of carboxylic acid groups (broad SMARTS) is 1. The van der Waals surface area contributed by atoms with Gasteiger partial charge in [-0.1, -0.05) is 12.1 Å². The zero-order chi connectivity index (χ0) is 15.6. The van der Waals surface area contributed by atoms with Crippen molar-refractivity contribution in [1.29, 1.82) is 0 Å². The van der Waals surface area contributed by atoms with Crippen LogP contribution in [0, 0.1) is 11.6 Å². The van der Waals surface area contributed by atoms with Crippen LogP contribution in [0.15, 0.2) is 18.2 Å². The average molecular weight is 297 g/mol. The van der Waals surface area contributed by atoms with Gasteiger partial charge in [0, 0.05) is 12.5 Å². The Morgan fingerprint density at radius 2 is 2.05 bits per heavy atom. The second kappa shape index (κ2) is 6.20. The first kappa shape index (κ1) is 15.4. The fourth-order valence-electron chi connectivity index (χ4n) is 2.32. The maximum absolute atomic E-state index is 13.5. The SMILES string of the molecule is CC(C(=O)O)N(C(=O)CCc1cccc(F)c1F)C1CC1. The van der Waals surface area contributed by atoms with Gasteiger partial charge in [0.2, 0.25) is 5.91 Å². The third-order valence-electron chi connectivity index (χ3n) is 3.64. The van der Waals surface area contributed by atoms with E-state index in [1.807, 2.05) is 0 Å². The summed E-state index contributed by atoms with van der Waals surface area (Å²) in [6.45, 7) is 1.46. The minimum atomic E-state index is -1.06. The molecule has 6 heteroatoms. The minimum Gasteiger partial charge on any atom is -0.480 e. The molecule has 1 aliphatic rings. The van der Waals surface area contributed by atoms with Crippen molar-refractivity contribution in [3.05, 3.63) is 35.4 Å². The van der Waals surface area contributed by atoms with Gasteiger partial charge in [-0.3, -0.25) is 4.79 Å². The van der Waals surface area contributed by atoms with Crippen LogP contribution in [0.5, 0.6) is 0 Å². The number of benzene rings is 1. The summed E-state index contributed by atoms with van der Waals surface area (Å²) in [5, 5.41) is 9.04. The summed E-state index contributed by atoms with van der Waals surface area (Å²) in [7, 11) is 0. The summed E-state index contributed by atoms with van der Waals surface area (Å²) in [6, 6.07) is 2.89. The zero-order valence-electron chi connectivity index (χ0n) is 11.7. The van der Waals surface area contributed by atoms with Crippen LogP contribution in [0.3, 0.4) is 0 Å². The summed E-state index contributed by atoms with van der Waals surface area (Å²) < 4.78 is 26.6. The van der Waals surface area contributed by atoms with Gasteiger partial charge in [-0.05, 0) is 37.8 Å². The van der Waals surface area contributed by atoms with Gasteiger partial charge in [-0.15, -0.1) is 0 Å². The predicted octanol–water partition coefficient (Wildman–Crippen LogP) is 2.36. The van der Waals surface area contributed by atoms with E-state index in [1.54, 1.807) is 0 Å².